The fourth-order valence-corrected chi connectivity index (χ4v) is 2.99. The van der Waals surface area contributed by atoms with Crippen LogP contribution in [0, 0.1) is 0 Å². The van der Waals surface area contributed by atoms with Crippen LogP contribution in [0.25, 0.3) is 11.1 Å². The van der Waals surface area contributed by atoms with Crippen LogP contribution >= 0.6 is 24.8 Å². The van der Waals surface area contributed by atoms with Crippen molar-refractivity contribution in [2.45, 2.75) is 19.9 Å². The highest BCUT2D eigenvalue weighted by atomic mass is 35.5. The summed E-state index contributed by atoms with van der Waals surface area (Å²) < 4.78 is 5.20. The van der Waals surface area contributed by atoms with Crippen LogP contribution in [0.2, 0.25) is 0 Å². The Morgan fingerprint density at radius 1 is 0.880 bits per heavy atom. The van der Waals surface area contributed by atoms with Crippen molar-refractivity contribution < 1.29 is 4.74 Å². The fourth-order valence-electron chi connectivity index (χ4n) is 2.99. The number of hydrogen-bond acceptors (Lipinski definition) is 4. The zero-order chi connectivity index (χ0) is 16.2. The zero-order valence-corrected chi connectivity index (χ0v) is 16.6. The second kappa shape index (κ2) is 9.85. The summed E-state index contributed by atoms with van der Waals surface area (Å²) >= 11 is 0. The smallest absolute Gasteiger partial charge is 0.128 e. The number of rotatable bonds is 4. The molecule has 1 aliphatic heterocycles. The number of benzene rings is 1. The van der Waals surface area contributed by atoms with Gasteiger partial charge in [0, 0.05) is 44.0 Å². The molecule has 1 aliphatic rings. The Morgan fingerprint density at radius 3 is 1.96 bits per heavy atom. The molecule has 2 heterocycles. The molecule has 1 aromatic heterocycles. The van der Waals surface area contributed by atoms with Crippen molar-refractivity contribution in [3.8, 4) is 16.9 Å². The van der Waals surface area contributed by atoms with Crippen molar-refractivity contribution in [1.29, 1.82) is 0 Å². The Bertz CT molecular complexity index is 624. The molecule has 0 spiro atoms. The van der Waals surface area contributed by atoms with Gasteiger partial charge in [0.05, 0.1) is 7.11 Å². The number of methoxy groups -OCH3 is 1. The lowest BCUT2D eigenvalue weighted by atomic mass is 10.1. The van der Waals surface area contributed by atoms with Crippen LogP contribution in [0.5, 0.6) is 5.75 Å². The molecule has 0 unspecified atom stereocenters. The van der Waals surface area contributed by atoms with Gasteiger partial charge in [-0.15, -0.1) is 24.8 Å². The van der Waals surface area contributed by atoms with Crippen LogP contribution in [0.3, 0.4) is 0 Å². The van der Waals surface area contributed by atoms with Crippen LogP contribution in [-0.4, -0.2) is 49.2 Å². The van der Waals surface area contributed by atoms with Gasteiger partial charge in [0.25, 0.3) is 0 Å². The van der Waals surface area contributed by atoms with Gasteiger partial charge < -0.3 is 9.64 Å². The van der Waals surface area contributed by atoms with Crippen molar-refractivity contribution in [2.75, 3.05) is 38.2 Å². The summed E-state index contributed by atoms with van der Waals surface area (Å²) in [5.74, 6) is 1.95. The zero-order valence-electron chi connectivity index (χ0n) is 15.0. The monoisotopic (exact) mass is 383 g/mol. The van der Waals surface area contributed by atoms with E-state index in [9.17, 15) is 0 Å². The molecule has 4 nitrogen and oxygen atoms in total. The van der Waals surface area contributed by atoms with E-state index in [1.165, 1.54) is 0 Å². The molecular weight excluding hydrogens is 357 g/mol. The number of ether oxygens (including phenoxy) is 1. The molecule has 1 aromatic carbocycles. The first-order valence-electron chi connectivity index (χ1n) is 8.27. The number of pyridine rings is 1. The van der Waals surface area contributed by atoms with Crippen molar-refractivity contribution in [1.82, 2.24) is 9.88 Å². The molecule has 1 saturated heterocycles. The molecule has 0 saturated carbocycles. The third kappa shape index (κ3) is 5.24. The number of piperazine rings is 1. The van der Waals surface area contributed by atoms with Crippen LogP contribution in [0.4, 0.5) is 5.82 Å². The Morgan fingerprint density at radius 2 is 1.48 bits per heavy atom. The van der Waals surface area contributed by atoms with Gasteiger partial charge >= 0.3 is 0 Å². The number of aromatic nitrogens is 1. The first-order chi connectivity index (χ1) is 11.2. The average molecular weight is 384 g/mol. The number of halogens is 2. The largest absolute Gasteiger partial charge is 0.497 e. The summed E-state index contributed by atoms with van der Waals surface area (Å²) in [6.07, 6.45) is 1.96. The van der Waals surface area contributed by atoms with Gasteiger partial charge in [0.15, 0.2) is 0 Å². The third-order valence-corrected chi connectivity index (χ3v) is 4.54. The number of anilines is 1. The second-order valence-corrected chi connectivity index (χ2v) is 6.25. The molecule has 6 heteroatoms. The molecule has 0 bridgehead atoms. The van der Waals surface area contributed by atoms with Crippen LogP contribution in [0.1, 0.15) is 13.8 Å². The topological polar surface area (TPSA) is 28.6 Å². The molecule has 0 radical (unpaired) electrons. The maximum absolute atomic E-state index is 5.20. The van der Waals surface area contributed by atoms with Gasteiger partial charge in [-0.3, -0.25) is 4.90 Å². The van der Waals surface area contributed by atoms with E-state index in [0.717, 1.165) is 48.9 Å². The minimum atomic E-state index is 0. The van der Waals surface area contributed by atoms with Gasteiger partial charge in [-0.25, -0.2) is 4.98 Å². The first kappa shape index (κ1) is 21.6. The number of nitrogens with zero attached hydrogens (tertiary/aromatic N) is 3. The van der Waals surface area contributed by atoms with Gasteiger partial charge in [0.1, 0.15) is 11.6 Å². The predicted molar refractivity (Wildman–Crippen MR) is 110 cm³/mol. The van der Waals surface area contributed by atoms with Gasteiger partial charge in [0.2, 0.25) is 0 Å². The Labute approximate surface area is 163 Å². The minimum absolute atomic E-state index is 0. The van der Waals surface area contributed by atoms with E-state index in [0.29, 0.717) is 6.04 Å². The van der Waals surface area contributed by atoms with E-state index in [2.05, 4.69) is 52.9 Å². The SMILES string of the molecule is COc1ccc(-c2ccc(N3CCN(C(C)C)CC3)nc2)cc1.Cl.Cl. The summed E-state index contributed by atoms with van der Waals surface area (Å²) in [5, 5.41) is 0. The van der Waals surface area contributed by atoms with E-state index in [1.807, 2.05) is 18.3 Å². The van der Waals surface area contributed by atoms with Crippen molar-refractivity contribution in [3.05, 3.63) is 42.6 Å². The van der Waals surface area contributed by atoms with Crippen LogP contribution < -0.4 is 9.64 Å². The highest BCUT2D eigenvalue weighted by Gasteiger charge is 2.19. The van der Waals surface area contributed by atoms with E-state index < -0.39 is 0 Å². The molecule has 2 aromatic rings. The average Bonchev–Trinajstić information content (AvgIpc) is 2.62. The summed E-state index contributed by atoms with van der Waals surface area (Å²) in [6, 6.07) is 13.0. The van der Waals surface area contributed by atoms with Gasteiger partial charge in [-0.05, 0) is 43.7 Å². The highest BCUT2D eigenvalue weighted by Crippen LogP contribution is 2.24. The molecule has 0 atom stereocenters. The Balaban J connectivity index is 0.00000156. The lowest BCUT2D eigenvalue weighted by Crippen LogP contribution is -2.49. The van der Waals surface area contributed by atoms with Gasteiger partial charge in [-0.1, -0.05) is 12.1 Å². The van der Waals surface area contributed by atoms with E-state index in [1.54, 1.807) is 7.11 Å². The van der Waals surface area contributed by atoms with Gasteiger partial charge in [-0.2, -0.15) is 0 Å². The van der Waals surface area contributed by atoms with Crippen LogP contribution in [0.15, 0.2) is 42.6 Å². The predicted octanol–water partition coefficient (Wildman–Crippen LogP) is 4.13. The highest BCUT2D eigenvalue weighted by molar-refractivity contribution is 5.85. The molecule has 3 rings (SSSR count). The summed E-state index contributed by atoms with van der Waals surface area (Å²) in [4.78, 5) is 9.56. The summed E-state index contributed by atoms with van der Waals surface area (Å²) in [6.45, 7) is 8.84. The standard InChI is InChI=1S/C19H25N3O.2ClH/c1-15(2)21-10-12-22(13-11-21)19-9-6-17(14-20-19)16-4-7-18(23-3)8-5-16;;/h4-9,14-15H,10-13H2,1-3H3;2*1H. The maximum Gasteiger partial charge on any atom is 0.128 e. The summed E-state index contributed by atoms with van der Waals surface area (Å²) in [7, 11) is 1.68. The Hall–Kier alpha value is -1.49. The lowest BCUT2D eigenvalue weighted by molar-refractivity contribution is 0.209. The maximum atomic E-state index is 5.20. The van der Waals surface area contributed by atoms with Crippen molar-refractivity contribution >= 4 is 30.6 Å². The molecule has 0 amide bonds. The second-order valence-electron chi connectivity index (χ2n) is 6.25. The molecule has 25 heavy (non-hydrogen) atoms. The molecule has 1 fully saturated rings. The minimum Gasteiger partial charge on any atom is -0.497 e. The fraction of sp³-hybridized carbons (Fsp3) is 0.421. The molecule has 0 aliphatic carbocycles. The Kier molecular flexibility index (Phi) is 8.50. The van der Waals surface area contributed by atoms with Crippen molar-refractivity contribution in [3.63, 3.8) is 0 Å². The van der Waals surface area contributed by atoms with Crippen LogP contribution in [-0.2, 0) is 0 Å². The quantitative estimate of drug-likeness (QED) is 0.793. The lowest BCUT2D eigenvalue weighted by Gasteiger charge is -2.37. The molecular formula is C19H27Cl2N3O. The molecule has 0 N–H and O–H groups in total. The van der Waals surface area contributed by atoms with Crippen molar-refractivity contribution in [2.24, 2.45) is 0 Å². The molecule has 138 valence electrons. The van der Waals surface area contributed by atoms with E-state index in [-0.39, 0.29) is 24.8 Å². The summed E-state index contributed by atoms with van der Waals surface area (Å²) in [5.41, 5.74) is 2.30. The normalized spacial score (nSPS) is 14.6. The van der Waals surface area contributed by atoms with E-state index >= 15 is 0 Å². The van der Waals surface area contributed by atoms with E-state index in [4.69, 9.17) is 4.74 Å². The first-order valence-corrected chi connectivity index (χ1v) is 8.27. The third-order valence-electron chi connectivity index (χ3n) is 4.54. The number of hydrogen-bond donors (Lipinski definition) is 0.